The normalized spacial score (nSPS) is 9.92. The summed E-state index contributed by atoms with van der Waals surface area (Å²) in [6, 6.07) is 8.87. The standard InChI is InChI=1S/C18H26N2S2.2BrH/c1-3-17-5-9-19(10-6-17)13-15-21-22-16-14-20-11-7-18(4-2)8-12-20;;/h5-12H,3-4,13-16H2,1-2H3;2*1H/q+2;;/p-2. The van der Waals surface area contributed by atoms with E-state index in [1.165, 1.54) is 11.1 Å². The highest BCUT2D eigenvalue weighted by molar-refractivity contribution is 8.76. The Morgan fingerprint density at radius 3 is 1.29 bits per heavy atom. The molecule has 0 aliphatic carbocycles. The van der Waals surface area contributed by atoms with Gasteiger partial charge in [0.15, 0.2) is 37.9 Å². The molecule has 2 aromatic heterocycles. The highest BCUT2D eigenvalue weighted by atomic mass is 79.9. The van der Waals surface area contributed by atoms with E-state index in [4.69, 9.17) is 0 Å². The summed E-state index contributed by atoms with van der Waals surface area (Å²) < 4.78 is 4.54. The lowest BCUT2D eigenvalue weighted by Gasteiger charge is -2.00. The van der Waals surface area contributed by atoms with Gasteiger partial charge in [-0.3, -0.25) is 0 Å². The van der Waals surface area contributed by atoms with Crippen molar-refractivity contribution in [3.05, 3.63) is 60.2 Å². The van der Waals surface area contributed by atoms with E-state index in [9.17, 15) is 0 Å². The summed E-state index contributed by atoms with van der Waals surface area (Å²) in [5.41, 5.74) is 2.81. The van der Waals surface area contributed by atoms with Gasteiger partial charge in [-0.2, -0.15) is 0 Å². The molecule has 0 saturated carbocycles. The summed E-state index contributed by atoms with van der Waals surface area (Å²) in [5.74, 6) is 2.31. The van der Waals surface area contributed by atoms with Crippen molar-refractivity contribution in [2.24, 2.45) is 0 Å². The number of hydrogen-bond donors (Lipinski definition) is 0. The lowest BCUT2D eigenvalue weighted by Crippen LogP contribution is -3.00. The first kappa shape index (κ1) is 24.0. The minimum Gasteiger partial charge on any atom is -1.00 e. The van der Waals surface area contributed by atoms with Crippen molar-refractivity contribution < 1.29 is 43.1 Å². The lowest BCUT2D eigenvalue weighted by atomic mass is 10.2. The quantitative estimate of drug-likeness (QED) is 0.216. The Morgan fingerprint density at radius 1 is 0.667 bits per heavy atom. The number of rotatable bonds is 9. The summed E-state index contributed by atoms with van der Waals surface area (Å²) in [7, 11) is 3.93. The second kappa shape index (κ2) is 14.2. The molecule has 2 aromatic rings. The SMILES string of the molecule is CCc1cc[n+](CCSSCC[n+]2ccc(CC)cc2)cc1.[Br-].[Br-]. The van der Waals surface area contributed by atoms with Gasteiger partial charge in [-0.05, 0) is 24.0 Å². The van der Waals surface area contributed by atoms with Crippen LogP contribution in [0.4, 0.5) is 0 Å². The molecule has 2 heterocycles. The number of pyridine rings is 2. The Morgan fingerprint density at radius 2 is 1.00 bits per heavy atom. The Labute approximate surface area is 175 Å². The number of nitrogens with zero attached hydrogens (tertiary/aromatic N) is 2. The average molecular weight is 494 g/mol. The van der Waals surface area contributed by atoms with Crippen molar-refractivity contribution in [2.75, 3.05) is 11.5 Å². The molecule has 2 nitrogen and oxygen atoms in total. The minimum absolute atomic E-state index is 0. The third kappa shape index (κ3) is 8.88. The first-order valence-corrected chi connectivity index (χ1v) is 10.5. The van der Waals surface area contributed by atoms with Crippen LogP contribution in [0.1, 0.15) is 25.0 Å². The van der Waals surface area contributed by atoms with Gasteiger partial charge in [0.25, 0.3) is 0 Å². The summed E-state index contributed by atoms with van der Waals surface area (Å²) in [6.45, 7) is 6.56. The fourth-order valence-electron chi connectivity index (χ4n) is 2.15. The van der Waals surface area contributed by atoms with Gasteiger partial charge in [-0.25, -0.2) is 9.13 Å². The van der Waals surface area contributed by atoms with Crippen molar-refractivity contribution in [1.82, 2.24) is 0 Å². The second-order valence-electron chi connectivity index (χ2n) is 5.24. The van der Waals surface area contributed by atoms with Gasteiger partial charge in [0, 0.05) is 24.3 Å². The number of aromatic nitrogens is 2. The second-order valence-corrected chi connectivity index (χ2v) is 7.94. The molecule has 0 aliphatic heterocycles. The van der Waals surface area contributed by atoms with Crippen LogP contribution in [0, 0.1) is 0 Å². The van der Waals surface area contributed by atoms with Crippen molar-refractivity contribution in [2.45, 2.75) is 39.8 Å². The van der Waals surface area contributed by atoms with Gasteiger partial charge >= 0.3 is 0 Å². The Kier molecular flexibility index (Phi) is 14.1. The van der Waals surface area contributed by atoms with Crippen molar-refractivity contribution >= 4 is 21.6 Å². The number of hydrogen-bond acceptors (Lipinski definition) is 2. The van der Waals surface area contributed by atoms with E-state index in [0.717, 1.165) is 37.4 Å². The molecule has 0 spiro atoms. The van der Waals surface area contributed by atoms with Gasteiger partial charge < -0.3 is 34.0 Å². The van der Waals surface area contributed by atoms with E-state index >= 15 is 0 Å². The largest absolute Gasteiger partial charge is 1.00 e. The van der Waals surface area contributed by atoms with Crippen LogP contribution in [0.15, 0.2) is 49.1 Å². The Balaban J connectivity index is 0.00000264. The lowest BCUT2D eigenvalue weighted by molar-refractivity contribution is -0.692. The van der Waals surface area contributed by atoms with Gasteiger partial charge in [0.05, 0.1) is 11.5 Å². The van der Waals surface area contributed by atoms with Gasteiger partial charge in [-0.15, -0.1) is 0 Å². The first-order chi connectivity index (χ1) is 10.8. The molecule has 0 radical (unpaired) electrons. The summed E-state index contributed by atoms with van der Waals surface area (Å²) in [4.78, 5) is 0. The minimum atomic E-state index is 0. The molecular formula is C18H26Br2N2S2. The number of aryl methyl sites for hydroxylation is 4. The van der Waals surface area contributed by atoms with Crippen LogP contribution in [0.2, 0.25) is 0 Å². The molecule has 0 amide bonds. The maximum absolute atomic E-state index is 2.27. The Hall–Kier alpha value is -0.0400. The molecule has 134 valence electrons. The van der Waals surface area contributed by atoms with Crippen molar-refractivity contribution in [3.8, 4) is 0 Å². The molecule has 0 N–H and O–H groups in total. The highest BCUT2D eigenvalue weighted by Crippen LogP contribution is 2.20. The third-order valence-electron chi connectivity index (χ3n) is 3.69. The molecule has 0 fully saturated rings. The van der Waals surface area contributed by atoms with Crippen molar-refractivity contribution in [1.29, 1.82) is 0 Å². The van der Waals surface area contributed by atoms with Gasteiger partial charge in [-0.1, -0.05) is 35.4 Å². The van der Waals surface area contributed by atoms with Crippen LogP contribution in [-0.2, 0) is 25.9 Å². The van der Waals surface area contributed by atoms with Crippen molar-refractivity contribution in [3.63, 3.8) is 0 Å². The van der Waals surface area contributed by atoms with Crippen LogP contribution >= 0.6 is 21.6 Å². The average Bonchev–Trinajstić information content (AvgIpc) is 2.59. The van der Waals surface area contributed by atoms with E-state index in [1.54, 1.807) is 0 Å². The van der Waals surface area contributed by atoms with Gasteiger partial charge in [0.1, 0.15) is 0 Å². The van der Waals surface area contributed by atoms with Crippen LogP contribution in [0.3, 0.4) is 0 Å². The molecule has 0 aromatic carbocycles. The Bertz CT molecular complexity index is 496. The fourth-order valence-corrected chi connectivity index (χ4v) is 4.11. The maximum atomic E-state index is 2.27. The third-order valence-corrected chi connectivity index (χ3v) is 6.05. The molecule has 6 heteroatoms. The first-order valence-electron chi connectivity index (χ1n) is 8.02. The molecule has 0 unspecified atom stereocenters. The summed E-state index contributed by atoms with van der Waals surface area (Å²) >= 11 is 0. The van der Waals surface area contributed by atoms with E-state index in [2.05, 4.69) is 72.0 Å². The topological polar surface area (TPSA) is 7.76 Å². The van der Waals surface area contributed by atoms with E-state index in [1.807, 2.05) is 21.6 Å². The van der Waals surface area contributed by atoms with Crippen LogP contribution in [0.5, 0.6) is 0 Å². The van der Waals surface area contributed by atoms with E-state index < -0.39 is 0 Å². The fraction of sp³-hybridized carbons (Fsp3) is 0.444. The highest BCUT2D eigenvalue weighted by Gasteiger charge is 2.03. The summed E-state index contributed by atoms with van der Waals surface area (Å²) in [5, 5.41) is 0. The zero-order chi connectivity index (χ0) is 15.6. The van der Waals surface area contributed by atoms with Gasteiger partial charge in [0.2, 0.25) is 0 Å². The van der Waals surface area contributed by atoms with Crippen LogP contribution < -0.4 is 43.1 Å². The molecule has 24 heavy (non-hydrogen) atoms. The maximum Gasteiger partial charge on any atom is 0.169 e. The zero-order valence-electron chi connectivity index (χ0n) is 14.3. The molecule has 2 rings (SSSR count). The van der Waals surface area contributed by atoms with E-state index in [-0.39, 0.29) is 34.0 Å². The monoisotopic (exact) mass is 492 g/mol. The predicted octanol–water partition coefficient (Wildman–Crippen LogP) is -2.52. The van der Waals surface area contributed by atoms with Crippen LogP contribution in [0.25, 0.3) is 0 Å². The zero-order valence-corrected chi connectivity index (χ0v) is 19.1. The molecule has 0 saturated heterocycles. The van der Waals surface area contributed by atoms with E-state index in [0.29, 0.717) is 0 Å². The summed E-state index contributed by atoms with van der Waals surface area (Å²) in [6.07, 6.45) is 11.0. The van der Waals surface area contributed by atoms with Crippen LogP contribution in [-0.4, -0.2) is 11.5 Å². The molecular weight excluding hydrogens is 468 g/mol. The number of halogens is 2. The molecule has 0 aliphatic rings. The predicted molar refractivity (Wildman–Crippen MR) is 96.9 cm³/mol. The molecule has 0 atom stereocenters. The molecule has 0 bridgehead atoms. The smallest absolute Gasteiger partial charge is 0.169 e.